The van der Waals surface area contributed by atoms with Crippen molar-refractivity contribution < 1.29 is 8.83 Å². The predicted octanol–water partition coefficient (Wildman–Crippen LogP) is 8.82. The van der Waals surface area contributed by atoms with Gasteiger partial charge in [-0.25, -0.2) is 0 Å². The van der Waals surface area contributed by atoms with Crippen LogP contribution < -0.4 is 0 Å². The minimum absolute atomic E-state index is 0.898. The average Bonchev–Trinajstić information content (AvgIpc) is 3.42. The van der Waals surface area contributed by atoms with E-state index in [2.05, 4.69) is 78.9 Å². The number of fused-ring (bicyclic) bond motifs is 6. The molecule has 0 spiro atoms. The molecule has 32 heavy (non-hydrogen) atoms. The van der Waals surface area contributed by atoms with Crippen molar-refractivity contribution in [2.24, 2.45) is 0 Å². The topological polar surface area (TPSA) is 26.3 Å². The minimum Gasteiger partial charge on any atom is -0.456 e. The Morgan fingerprint density at radius 3 is 1.81 bits per heavy atom. The summed E-state index contributed by atoms with van der Waals surface area (Å²) < 4.78 is 12.4. The molecule has 0 atom stereocenters. The van der Waals surface area contributed by atoms with E-state index in [1.54, 1.807) is 0 Å². The molecule has 0 fully saturated rings. The van der Waals surface area contributed by atoms with E-state index in [-0.39, 0.29) is 0 Å². The fourth-order valence-electron chi connectivity index (χ4n) is 4.73. The Hall–Kier alpha value is -4.30. The molecule has 5 aromatic carbocycles. The van der Waals surface area contributed by atoms with E-state index in [0.717, 1.165) is 55.0 Å². The smallest absolute Gasteiger partial charge is 0.143 e. The molecule has 2 nitrogen and oxygen atoms in total. The lowest BCUT2D eigenvalue weighted by Crippen LogP contribution is -1.84. The molecule has 0 aliphatic heterocycles. The van der Waals surface area contributed by atoms with Crippen molar-refractivity contribution in [3.8, 4) is 22.3 Å². The van der Waals surface area contributed by atoms with E-state index >= 15 is 0 Å². The zero-order chi connectivity index (χ0) is 21.1. The van der Waals surface area contributed by atoms with Gasteiger partial charge in [0.1, 0.15) is 22.3 Å². The van der Waals surface area contributed by atoms with Crippen LogP contribution in [0.25, 0.3) is 66.1 Å². The molecule has 0 saturated heterocycles. The number of benzene rings is 5. The van der Waals surface area contributed by atoms with E-state index in [1.807, 2.05) is 30.3 Å². The highest BCUT2D eigenvalue weighted by molar-refractivity contribution is 6.13. The Labute approximate surface area is 184 Å². The Morgan fingerprint density at radius 1 is 0.375 bits per heavy atom. The third-order valence-electron chi connectivity index (χ3n) is 6.27. The first-order valence-corrected chi connectivity index (χ1v) is 10.8. The molecule has 2 heteroatoms. The summed E-state index contributed by atoms with van der Waals surface area (Å²) in [6.45, 7) is 0. The molecule has 2 aromatic heterocycles. The van der Waals surface area contributed by atoms with Gasteiger partial charge in [0.25, 0.3) is 0 Å². The molecular formula is C30H18O2. The van der Waals surface area contributed by atoms with E-state index in [1.165, 1.54) is 11.1 Å². The van der Waals surface area contributed by atoms with Crippen LogP contribution in [0.15, 0.2) is 118 Å². The first-order valence-electron chi connectivity index (χ1n) is 10.8. The van der Waals surface area contributed by atoms with Crippen molar-refractivity contribution in [3.05, 3.63) is 109 Å². The highest BCUT2D eigenvalue weighted by Gasteiger charge is 2.16. The Kier molecular flexibility index (Phi) is 3.58. The third-order valence-corrected chi connectivity index (χ3v) is 6.27. The van der Waals surface area contributed by atoms with E-state index in [4.69, 9.17) is 8.83 Å². The largest absolute Gasteiger partial charge is 0.456 e. The number of hydrogen-bond donors (Lipinski definition) is 0. The van der Waals surface area contributed by atoms with E-state index in [0.29, 0.717) is 0 Å². The summed E-state index contributed by atoms with van der Waals surface area (Å²) in [5.41, 5.74) is 8.20. The van der Waals surface area contributed by atoms with E-state index in [9.17, 15) is 0 Å². The van der Waals surface area contributed by atoms with Crippen molar-refractivity contribution in [2.45, 2.75) is 0 Å². The van der Waals surface area contributed by atoms with Gasteiger partial charge in [-0.05, 0) is 53.1 Å². The number of hydrogen-bond acceptors (Lipinski definition) is 2. The van der Waals surface area contributed by atoms with Crippen LogP contribution in [0.3, 0.4) is 0 Å². The van der Waals surface area contributed by atoms with Crippen LogP contribution >= 0.6 is 0 Å². The van der Waals surface area contributed by atoms with Crippen LogP contribution in [0, 0.1) is 0 Å². The summed E-state index contributed by atoms with van der Waals surface area (Å²) in [4.78, 5) is 0. The van der Waals surface area contributed by atoms with Gasteiger partial charge in [0, 0.05) is 27.1 Å². The second-order valence-corrected chi connectivity index (χ2v) is 8.17. The maximum absolute atomic E-state index is 6.39. The molecule has 0 aliphatic carbocycles. The lowest BCUT2D eigenvalue weighted by atomic mass is 9.95. The molecule has 0 N–H and O–H groups in total. The number of para-hydroxylation sites is 2. The van der Waals surface area contributed by atoms with Gasteiger partial charge in [-0.1, -0.05) is 72.8 Å². The summed E-state index contributed by atoms with van der Waals surface area (Å²) in [5, 5.41) is 4.52. The summed E-state index contributed by atoms with van der Waals surface area (Å²) >= 11 is 0. The highest BCUT2D eigenvalue weighted by atomic mass is 16.3. The lowest BCUT2D eigenvalue weighted by Gasteiger charge is -2.08. The van der Waals surface area contributed by atoms with Crippen LogP contribution in [-0.4, -0.2) is 0 Å². The Balaban J connectivity index is 1.57. The van der Waals surface area contributed by atoms with Crippen molar-refractivity contribution in [1.29, 1.82) is 0 Å². The maximum atomic E-state index is 6.39. The molecule has 0 amide bonds. The summed E-state index contributed by atoms with van der Waals surface area (Å²) in [6.07, 6.45) is 0. The zero-order valence-corrected chi connectivity index (χ0v) is 17.2. The molecule has 0 unspecified atom stereocenters. The SMILES string of the molecule is c1ccc(-c2cc(-c3ccc4oc5ccccc5c4c3)c3oc4ccccc4c3c2)cc1. The van der Waals surface area contributed by atoms with Gasteiger partial charge >= 0.3 is 0 Å². The fraction of sp³-hybridized carbons (Fsp3) is 0. The van der Waals surface area contributed by atoms with Crippen molar-refractivity contribution in [2.75, 3.05) is 0 Å². The van der Waals surface area contributed by atoms with Crippen LogP contribution in [0.4, 0.5) is 0 Å². The van der Waals surface area contributed by atoms with Gasteiger partial charge in [0.15, 0.2) is 0 Å². The van der Waals surface area contributed by atoms with Gasteiger partial charge < -0.3 is 8.83 Å². The molecule has 7 rings (SSSR count). The monoisotopic (exact) mass is 410 g/mol. The molecule has 2 heterocycles. The number of furan rings is 2. The molecule has 7 aromatic rings. The van der Waals surface area contributed by atoms with Crippen molar-refractivity contribution >= 4 is 43.9 Å². The number of rotatable bonds is 2. The zero-order valence-electron chi connectivity index (χ0n) is 17.2. The second kappa shape index (κ2) is 6.60. The molecule has 0 bridgehead atoms. The second-order valence-electron chi connectivity index (χ2n) is 8.17. The standard InChI is InChI=1S/C30H18O2/c1-2-8-19(9-3-1)21-17-24(30-26(18-21)23-11-5-7-13-28(23)32-30)20-14-15-29-25(16-20)22-10-4-6-12-27(22)31-29/h1-18H. The Bertz CT molecular complexity index is 1770. The van der Waals surface area contributed by atoms with Gasteiger partial charge in [0.2, 0.25) is 0 Å². The van der Waals surface area contributed by atoms with Gasteiger partial charge in [0.05, 0.1) is 0 Å². The quantitative estimate of drug-likeness (QED) is 0.284. The molecule has 0 saturated carbocycles. The summed E-state index contributed by atoms with van der Waals surface area (Å²) in [6, 6.07) is 37.8. The summed E-state index contributed by atoms with van der Waals surface area (Å²) in [5.74, 6) is 0. The molecule has 0 aliphatic rings. The first-order chi connectivity index (χ1) is 15.8. The van der Waals surface area contributed by atoms with Crippen LogP contribution in [0.1, 0.15) is 0 Å². The Morgan fingerprint density at radius 2 is 1.00 bits per heavy atom. The average molecular weight is 410 g/mol. The lowest BCUT2D eigenvalue weighted by molar-refractivity contribution is 0.668. The minimum atomic E-state index is 0.898. The van der Waals surface area contributed by atoms with Crippen molar-refractivity contribution in [1.82, 2.24) is 0 Å². The summed E-state index contributed by atoms with van der Waals surface area (Å²) in [7, 11) is 0. The van der Waals surface area contributed by atoms with E-state index < -0.39 is 0 Å². The molecular weight excluding hydrogens is 392 g/mol. The normalized spacial score (nSPS) is 11.8. The van der Waals surface area contributed by atoms with Gasteiger partial charge in [-0.2, -0.15) is 0 Å². The van der Waals surface area contributed by atoms with Crippen LogP contribution in [-0.2, 0) is 0 Å². The van der Waals surface area contributed by atoms with Crippen LogP contribution in [0.5, 0.6) is 0 Å². The van der Waals surface area contributed by atoms with Crippen LogP contribution in [0.2, 0.25) is 0 Å². The maximum Gasteiger partial charge on any atom is 0.143 e. The molecule has 150 valence electrons. The van der Waals surface area contributed by atoms with Gasteiger partial charge in [-0.15, -0.1) is 0 Å². The highest BCUT2D eigenvalue weighted by Crippen LogP contribution is 2.41. The predicted molar refractivity (Wildman–Crippen MR) is 132 cm³/mol. The van der Waals surface area contributed by atoms with Crippen molar-refractivity contribution in [3.63, 3.8) is 0 Å². The first kappa shape index (κ1) is 17.4. The fourth-order valence-corrected chi connectivity index (χ4v) is 4.73. The molecule has 0 radical (unpaired) electrons. The third kappa shape index (κ3) is 2.53. The van der Waals surface area contributed by atoms with Gasteiger partial charge in [-0.3, -0.25) is 0 Å².